The molecule has 2 atom stereocenters. The minimum absolute atomic E-state index is 0.00844. The van der Waals surface area contributed by atoms with E-state index in [4.69, 9.17) is 0 Å². The maximum atomic E-state index is 12.7. The molecule has 0 spiro atoms. The number of halogens is 1. The third kappa shape index (κ3) is 4.10. The average Bonchev–Trinajstić information content (AvgIpc) is 2.36. The number of hydrogen-bond donors (Lipinski definition) is 0. The van der Waals surface area contributed by atoms with Crippen LogP contribution in [0, 0.1) is 17.7 Å². The van der Waals surface area contributed by atoms with Gasteiger partial charge in [0.05, 0.1) is 6.20 Å². The summed E-state index contributed by atoms with van der Waals surface area (Å²) in [6.45, 7) is 7.41. The van der Waals surface area contributed by atoms with Crippen molar-refractivity contribution in [3.05, 3.63) is 29.8 Å². The number of Topliss-reactive ketones (excluding diaryl/α,β-unsaturated/α-hetero) is 1. The van der Waals surface area contributed by atoms with E-state index in [9.17, 15) is 9.18 Å². The van der Waals surface area contributed by atoms with E-state index in [1.165, 1.54) is 18.6 Å². The standard InChI is InChI=1S/C15H21FN2O/c1-11-7-12(2)10-18(9-11)6-5-15(19)14-4-3-13(16)8-17-14/h3-4,8,11-12H,5-7,9-10H2,1-2H3. The van der Waals surface area contributed by atoms with Crippen molar-refractivity contribution in [2.75, 3.05) is 19.6 Å². The molecule has 0 bridgehead atoms. The highest BCUT2D eigenvalue weighted by Gasteiger charge is 2.22. The van der Waals surface area contributed by atoms with Gasteiger partial charge in [-0.15, -0.1) is 0 Å². The molecule has 0 saturated carbocycles. The van der Waals surface area contributed by atoms with Gasteiger partial charge in [0.25, 0.3) is 0 Å². The second-order valence-corrected chi connectivity index (χ2v) is 5.74. The lowest BCUT2D eigenvalue weighted by atomic mass is 9.92. The van der Waals surface area contributed by atoms with Crippen molar-refractivity contribution in [3.8, 4) is 0 Å². The van der Waals surface area contributed by atoms with Crippen molar-refractivity contribution in [2.24, 2.45) is 11.8 Å². The first-order chi connectivity index (χ1) is 9.04. The summed E-state index contributed by atoms with van der Waals surface area (Å²) >= 11 is 0. The van der Waals surface area contributed by atoms with E-state index < -0.39 is 5.82 Å². The van der Waals surface area contributed by atoms with Crippen LogP contribution in [0.3, 0.4) is 0 Å². The molecule has 0 aromatic carbocycles. The molecular formula is C15H21FN2O. The minimum Gasteiger partial charge on any atom is -0.302 e. The smallest absolute Gasteiger partial charge is 0.182 e. The zero-order valence-corrected chi connectivity index (χ0v) is 11.6. The summed E-state index contributed by atoms with van der Waals surface area (Å²) in [6.07, 6.45) is 2.82. The lowest BCUT2D eigenvalue weighted by Gasteiger charge is -2.34. The van der Waals surface area contributed by atoms with Crippen molar-refractivity contribution in [1.82, 2.24) is 9.88 Å². The number of nitrogens with zero attached hydrogens (tertiary/aromatic N) is 2. The molecular weight excluding hydrogens is 243 g/mol. The lowest BCUT2D eigenvalue weighted by Crippen LogP contribution is -2.39. The SMILES string of the molecule is CC1CC(C)CN(CCC(=O)c2ccc(F)cn2)C1. The molecule has 0 N–H and O–H groups in total. The second-order valence-electron chi connectivity index (χ2n) is 5.74. The van der Waals surface area contributed by atoms with Crippen molar-refractivity contribution in [2.45, 2.75) is 26.7 Å². The van der Waals surface area contributed by atoms with Crippen molar-refractivity contribution >= 4 is 5.78 Å². The van der Waals surface area contributed by atoms with Gasteiger partial charge in [0.2, 0.25) is 0 Å². The fourth-order valence-electron chi connectivity index (χ4n) is 2.90. The Morgan fingerprint density at radius 3 is 2.63 bits per heavy atom. The zero-order valence-electron chi connectivity index (χ0n) is 11.6. The summed E-state index contributed by atoms with van der Waals surface area (Å²) in [5, 5.41) is 0. The predicted octanol–water partition coefficient (Wildman–Crippen LogP) is 2.77. The normalized spacial score (nSPS) is 24.4. The number of aromatic nitrogens is 1. The molecule has 2 unspecified atom stereocenters. The van der Waals surface area contributed by atoms with Gasteiger partial charge in [-0.05, 0) is 30.4 Å². The Hall–Kier alpha value is -1.29. The highest BCUT2D eigenvalue weighted by atomic mass is 19.1. The number of rotatable bonds is 4. The molecule has 104 valence electrons. The van der Waals surface area contributed by atoms with Crippen LogP contribution in [0.25, 0.3) is 0 Å². The Balaban J connectivity index is 1.84. The van der Waals surface area contributed by atoms with Crippen LogP contribution in [0.1, 0.15) is 37.2 Å². The lowest BCUT2D eigenvalue weighted by molar-refractivity contribution is 0.0921. The third-order valence-corrected chi connectivity index (χ3v) is 3.61. The topological polar surface area (TPSA) is 33.2 Å². The molecule has 1 fully saturated rings. The maximum Gasteiger partial charge on any atom is 0.182 e. The molecule has 2 heterocycles. The number of likely N-dealkylation sites (tertiary alicyclic amines) is 1. The van der Waals surface area contributed by atoms with Crippen LogP contribution in [0.5, 0.6) is 0 Å². The van der Waals surface area contributed by atoms with Gasteiger partial charge in [0.1, 0.15) is 11.5 Å². The second kappa shape index (κ2) is 6.24. The van der Waals surface area contributed by atoms with Crippen LogP contribution >= 0.6 is 0 Å². The van der Waals surface area contributed by atoms with Crippen LogP contribution in [0.2, 0.25) is 0 Å². The van der Waals surface area contributed by atoms with E-state index in [0.717, 1.165) is 25.8 Å². The van der Waals surface area contributed by atoms with Gasteiger partial charge in [0.15, 0.2) is 5.78 Å². The van der Waals surface area contributed by atoms with E-state index in [2.05, 4.69) is 23.7 Å². The molecule has 2 rings (SSSR count). The first-order valence-electron chi connectivity index (χ1n) is 6.91. The number of carbonyl (C=O) groups is 1. The van der Waals surface area contributed by atoms with E-state index in [1.54, 1.807) is 0 Å². The van der Waals surface area contributed by atoms with Gasteiger partial charge >= 0.3 is 0 Å². The minimum atomic E-state index is -0.407. The summed E-state index contributed by atoms with van der Waals surface area (Å²) in [6, 6.07) is 2.74. The quantitative estimate of drug-likeness (QED) is 0.784. The summed E-state index contributed by atoms with van der Waals surface area (Å²) < 4.78 is 12.7. The predicted molar refractivity (Wildman–Crippen MR) is 72.5 cm³/mol. The number of carbonyl (C=O) groups excluding carboxylic acids is 1. The largest absolute Gasteiger partial charge is 0.302 e. The number of ketones is 1. The van der Waals surface area contributed by atoms with Crippen molar-refractivity contribution in [1.29, 1.82) is 0 Å². The Morgan fingerprint density at radius 1 is 1.37 bits per heavy atom. The number of hydrogen-bond acceptors (Lipinski definition) is 3. The fraction of sp³-hybridized carbons (Fsp3) is 0.600. The van der Waals surface area contributed by atoms with Crippen molar-refractivity contribution in [3.63, 3.8) is 0 Å². The van der Waals surface area contributed by atoms with Crippen LogP contribution in [-0.4, -0.2) is 35.3 Å². The van der Waals surface area contributed by atoms with Crippen LogP contribution in [0.15, 0.2) is 18.3 Å². The highest BCUT2D eigenvalue weighted by molar-refractivity contribution is 5.94. The van der Waals surface area contributed by atoms with Crippen molar-refractivity contribution < 1.29 is 9.18 Å². The number of piperidine rings is 1. The van der Waals surface area contributed by atoms with Gasteiger partial charge in [0, 0.05) is 26.1 Å². The maximum absolute atomic E-state index is 12.7. The molecule has 1 aromatic heterocycles. The molecule has 0 aliphatic carbocycles. The monoisotopic (exact) mass is 264 g/mol. The van der Waals surface area contributed by atoms with E-state index in [0.29, 0.717) is 24.0 Å². The molecule has 1 aliphatic heterocycles. The Labute approximate surface area is 113 Å². The van der Waals surface area contributed by atoms with Gasteiger partial charge in [-0.3, -0.25) is 9.78 Å². The molecule has 3 nitrogen and oxygen atoms in total. The first-order valence-corrected chi connectivity index (χ1v) is 6.91. The molecule has 0 amide bonds. The summed E-state index contributed by atoms with van der Waals surface area (Å²) in [5.41, 5.74) is 0.361. The van der Waals surface area contributed by atoms with E-state index in [1.807, 2.05) is 0 Å². The van der Waals surface area contributed by atoms with E-state index >= 15 is 0 Å². The highest BCUT2D eigenvalue weighted by Crippen LogP contribution is 2.21. The molecule has 19 heavy (non-hydrogen) atoms. The summed E-state index contributed by atoms with van der Waals surface area (Å²) in [7, 11) is 0. The molecule has 0 radical (unpaired) electrons. The Morgan fingerprint density at radius 2 is 2.05 bits per heavy atom. The third-order valence-electron chi connectivity index (χ3n) is 3.61. The van der Waals surface area contributed by atoms with Gasteiger partial charge in [-0.2, -0.15) is 0 Å². The van der Waals surface area contributed by atoms with E-state index in [-0.39, 0.29) is 5.78 Å². The Kier molecular flexibility index (Phi) is 4.64. The van der Waals surface area contributed by atoms with Gasteiger partial charge in [-0.25, -0.2) is 4.39 Å². The summed E-state index contributed by atoms with van der Waals surface area (Å²) in [4.78, 5) is 18.1. The van der Waals surface area contributed by atoms with Crippen LogP contribution < -0.4 is 0 Å². The molecule has 1 saturated heterocycles. The average molecular weight is 264 g/mol. The molecule has 1 aliphatic rings. The van der Waals surface area contributed by atoms with Gasteiger partial charge in [-0.1, -0.05) is 13.8 Å². The number of pyridine rings is 1. The van der Waals surface area contributed by atoms with Crippen LogP contribution in [-0.2, 0) is 0 Å². The van der Waals surface area contributed by atoms with Crippen LogP contribution in [0.4, 0.5) is 4.39 Å². The first kappa shape index (κ1) is 14.1. The molecule has 4 heteroatoms. The summed E-state index contributed by atoms with van der Waals surface area (Å²) in [5.74, 6) is 0.978. The van der Waals surface area contributed by atoms with Gasteiger partial charge < -0.3 is 4.90 Å². The fourth-order valence-corrected chi connectivity index (χ4v) is 2.90. The molecule has 1 aromatic rings. The zero-order chi connectivity index (χ0) is 13.8. The Bertz CT molecular complexity index is 422.